The summed E-state index contributed by atoms with van der Waals surface area (Å²) in [6, 6.07) is 8.79. The predicted molar refractivity (Wildman–Crippen MR) is 103 cm³/mol. The maximum atomic E-state index is 12.6. The van der Waals surface area contributed by atoms with Gasteiger partial charge in [0.05, 0.1) is 29.8 Å². The van der Waals surface area contributed by atoms with Gasteiger partial charge in [0.2, 0.25) is 5.69 Å². The van der Waals surface area contributed by atoms with Crippen LogP contribution in [0.5, 0.6) is 0 Å². The van der Waals surface area contributed by atoms with E-state index < -0.39 is 0 Å². The summed E-state index contributed by atoms with van der Waals surface area (Å²) in [6.07, 6.45) is 4.84. The van der Waals surface area contributed by atoms with Gasteiger partial charge in [-0.3, -0.25) is 14.8 Å². The highest BCUT2D eigenvalue weighted by molar-refractivity contribution is 5.93. The second-order valence-corrected chi connectivity index (χ2v) is 7.29. The Hall–Kier alpha value is -3.53. The fourth-order valence-corrected chi connectivity index (χ4v) is 2.39. The van der Waals surface area contributed by atoms with Gasteiger partial charge in [-0.25, -0.2) is 9.53 Å². The lowest BCUT2D eigenvalue weighted by Crippen LogP contribution is -2.32. The Morgan fingerprint density at radius 3 is 2.67 bits per heavy atom. The molecule has 0 radical (unpaired) electrons. The Morgan fingerprint density at radius 2 is 2.07 bits per heavy atom. The summed E-state index contributed by atoms with van der Waals surface area (Å²) >= 11 is 0. The molecule has 0 aliphatic heterocycles. The summed E-state index contributed by atoms with van der Waals surface area (Å²) in [5.41, 5.74) is 2.72. The first-order valence-corrected chi connectivity index (χ1v) is 8.50. The maximum absolute atomic E-state index is 12.6. The molecule has 136 valence electrons. The number of carbonyl (C=O) groups excluding carboxylic acids is 1. The topological polar surface area (TPSA) is 77.1 Å². The van der Waals surface area contributed by atoms with Gasteiger partial charge in [-0.05, 0) is 29.7 Å². The molecular weight excluding hydrogens is 340 g/mol. The van der Waals surface area contributed by atoms with E-state index in [-0.39, 0.29) is 11.3 Å². The molecule has 0 aromatic carbocycles. The number of rotatable bonds is 4. The van der Waals surface area contributed by atoms with Crippen LogP contribution in [0.25, 0.3) is 21.9 Å². The fraction of sp³-hybridized carbons (Fsp3) is 0.250. The van der Waals surface area contributed by atoms with Crippen LogP contribution < -0.4 is 5.32 Å². The summed E-state index contributed by atoms with van der Waals surface area (Å²) in [6.45, 7) is 13.8. The molecular formula is C20H20N6O. The van der Waals surface area contributed by atoms with Crippen molar-refractivity contribution in [1.82, 2.24) is 25.1 Å². The third-order valence-electron chi connectivity index (χ3n) is 3.75. The molecule has 0 aliphatic rings. The molecule has 27 heavy (non-hydrogen) atoms. The smallest absolute Gasteiger partial charge is 0.271 e. The monoisotopic (exact) mass is 360 g/mol. The van der Waals surface area contributed by atoms with Crippen LogP contribution in [0, 0.1) is 12.0 Å². The summed E-state index contributed by atoms with van der Waals surface area (Å²) in [5.74, 6) is -0.244. The van der Waals surface area contributed by atoms with Crippen LogP contribution in [0.1, 0.15) is 31.3 Å². The van der Waals surface area contributed by atoms with Crippen LogP contribution in [-0.4, -0.2) is 32.2 Å². The zero-order chi connectivity index (χ0) is 19.4. The number of hydrogen-bond acceptors (Lipinski definition) is 4. The van der Waals surface area contributed by atoms with E-state index in [0.29, 0.717) is 29.3 Å². The van der Waals surface area contributed by atoms with E-state index in [1.54, 1.807) is 41.3 Å². The summed E-state index contributed by atoms with van der Waals surface area (Å²) < 4.78 is 1.64. The van der Waals surface area contributed by atoms with Crippen molar-refractivity contribution < 1.29 is 4.79 Å². The van der Waals surface area contributed by atoms with E-state index in [1.165, 1.54) is 6.20 Å². The van der Waals surface area contributed by atoms with Crippen LogP contribution in [0.4, 0.5) is 5.69 Å². The minimum Gasteiger partial charge on any atom is -0.350 e. The molecule has 7 heteroatoms. The zero-order valence-electron chi connectivity index (χ0n) is 15.5. The number of nitrogens with one attached hydrogen (secondary N) is 1. The van der Waals surface area contributed by atoms with E-state index in [9.17, 15) is 4.79 Å². The molecule has 3 heterocycles. The van der Waals surface area contributed by atoms with Gasteiger partial charge >= 0.3 is 0 Å². The van der Waals surface area contributed by atoms with Gasteiger partial charge in [-0.1, -0.05) is 26.8 Å². The van der Waals surface area contributed by atoms with Crippen molar-refractivity contribution >= 4 is 11.6 Å². The van der Waals surface area contributed by atoms with Crippen molar-refractivity contribution in [2.45, 2.75) is 20.8 Å². The lowest BCUT2D eigenvalue weighted by Gasteiger charge is -2.18. The number of carbonyl (C=O) groups is 1. The third-order valence-corrected chi connectivity index (χ3v) is 3.75. The average molecular weight is 360 g/mol. The highest BCUT2D eigenvalue weighted by Gasteiger charge is 2.19. The first-order chi connectivity index (χ1) is 12.9. The van der Waals surface area contributed by atoms with Crippen molar-refractivity contribution in [2.75, 3.05) is 6.54 Å². The lowest BCUT2D eigenvalue weighted by atomic mass is 9.97. The minimum absolute atomic E-state index is 0.0262. The van der Waals surface area contributed by atoms with Gasteiger partial charge in [0.25, 0.3) is 5.91 Å². The van der Waals surface area contributed by atoms with Crippen molar-refractivity contribution in [2.24, 2.45) is 5.41 Å². The van der Waals surface area contributed by atoms with E-state index >= 15 is 0 Å². The van der Waals surface area contributed by atoms with Crippen LogP contribution in [0.2, 0.25) is 0 Å². The quantitative estimate of drug-likeness (QED) is 0.721. The van der Waals surface area contributed by atoms with Crippen LogP contribution in [-0.2, 0) is 0 Å². The van der Waals surface area contributed by atoms with Crippen molar-refractivity contribution in [1.29, 1.82) is 0 Å². The largest absolute Gasteiger partial charge is 0.350 e. The third kappa shape index (κ3) is 4.36. The molecule has 0 bridgehead atoms. The van der Waals surface area contributed by atoms with Crippen molar-refractivity contribution in [3.8, 4) is 17.1 Å². The highest BCUT2D eigenvalue weighted by Crippen LogP contribution is 2.24. The number of amides is 1. The SMILES string of the molecule is [C-]#[N+]c1ccc(-c2cc(C(=O)NCC(C)(C)C)nn2-c2cccnc2)nc1. The molecule has 0 fully saturated rings. The van der Waals surface area contributed by atoms with Crippen molar-refractivity contribution in [3.05, 3.63) is 66.0 Å². The van der Waals surface area contributed by atoms with Gasteiger partial charge in [-0.15, -0.1) is 0 Å². The Balaban J connectivity index is 2.01. The van der Waals surface area contributed by atoms with Crippen LogP contribution in [0.3, 0.4) is 0 Å². The molecule has 7 nitrogen and oxygen atoms in total. The van der Waals surface area contributed by atoms with Gasteiger partial charge in [0.15, 0.2) is 5.69 Å². The molecule has 3 rings (SSSR count). The Labute approximate surface area is 157 Å². The molecule has 0 saturated heterocycles. The molecule has 0 spiro atoms. The average Bonchev–Trinajstić information content (AvgIpc) is 3.12. The molecule has 0 aliphatic carbocycles. The maximum Gasteiger partial charge on any atom is 0.271 e. The molecule has 3 aromatic heterocycles. The van der Waals surface area contributed by atoms with E-state index in [1.807, 2.05) is 6.07 Å². The highest BCUT2D eigenvalue weighted by atomic mass is 16.1. The predicted octanol–water partition coefficient (Wildman–Crippen LogP) is 3.66. The van der Waals surface area contributed by atoms with Crippen molar-refractivity contribution in [3.63, 3.8) is 0 Å². The second kappa shape index (κ2) is 7.38. The molecule has 1 amide bonds. The molecule has 1 N–H and O–H groups in total. The Kier molecular flexibility index (Phi) is 4.99. The number of aromatic nitrogens is 4. The summed E-state index contributed by atoms with van der Waals surface area (Å²) in [5, 5.41) is 7.37. The van der Waals surface area contributed by atoms with Gasteiger partial charge in [0, 0.05) is 18.9 Å². The first kappa shape index (κ1) is 18.3. The van der Waals surface area contributed by atoms with Gasteiger partial charge in [0.1, 0.15) is 0 Å². The number of nitrogens with zero attached hydrogens (tertiary/aromatic N) is 5. The summed E-state index contributed by atoms with van der Waals surface area (Å²) in [7, 11) is 0. The van der Waals surface area contributed by atoms with Gasteiger partial charge in [-0.2, -0.15) is 5.10 Å². The second-order valence-electron chi connectivity index (χ2n) is 7.29. The number of hydrogen-bond donors (Lipinski definition) is 1. The van der Waals surface area contributed by atoms with E-state index in [4.69, 9.17) is 6.57 Å². The zero-order valence-corrected chi connectivity index (χ0v) is 15.5. The first-order valence-electron chi connectivity index (χ1n) is 8.50. The lowest BCUT2D eigenvalue weighted by molar-refractivity contribution is 0.0934. The standard InChI is InChI=1S/C20H20N6O/c1-20(2,3)13-24-19(27)17-10-18(16-8-7-14(21-4)11-23-16)26(25-17)15-6-5-9-22-12-15/h5-12H,13H2,1-3H3,(H,24,27). The minimum atomic E-state index is -0.244. The van der Waals surface area contributed by atoms with Crippen LogP contribution >= 0.6 is 0 Å². The Bertz CT molecular complexity index is 978. The number of pyridine rings is 2. The fourth-order valence-electron chi connectivity index (χ4n) is 2.39. The molecule has 3 aromatic rings. The van der Waals surface area contributed by atoms with Crippen LogP contribution in [0.15, 0.2) is 48.9 Å². The molecule has 0 atom stereocenters. The van der Waals surface area contributed by atoms with E-state index in [2.05, 4.69) is 46.0 Å². The summed E-state index contributed by atoms with van der Waals surface area (Å²) in [4.78, 5) is 24.4. The van der Waals surface area contributed by atoms with Gasteiger partial charge < -0.3 is 5.32 Å². The Morgan fingerprint density at radius 1 is 1.26 bits per heavy atom. The molecule has 0 unspecified atom stereocenters. The normalized spacial score (nSPS) is 11.0. The van der Waals surface area contributed by atoms with E-state index in [0.717, 1.165) is 5.69 Å². The molecule has 0 saturated carbocycles.